The van der Waals surface area contributed by atoms with Crippen molar-refractivity contribution in [3.63, 3.8) is 0 Å². The van der Waals surface area contributed by atoms with Crippen LogP contribution >= 0.6 is 0 Å². The number of likely N-dealkylation sites (N-methyl/N-ethyl adjacent to an activating group) is 2. The lowest BCUT2D eigenvalue weighted by molar-refractivity contribution is -0.123. The average molecular weight is 186 g/mol. The van der Waals surface area contributed by atoms with Gasteiger partial charge < -0.3 is 5.32 Å². The van der Waals surface area contributed by atoms with Crippen LogP contribution in [0.4, 0.5) is 0 Å². The van der Waals surface area contributed by atoms with Crippen molar-refractivity contribution >= 4 is 11.7 Å². The first kappa shape index (κ1) is 12.1. The maximum atomic E-state index is 11.1. The van der Waals surface area contributed by atoms with E-state index in [4.69, 9.17) is 0 Å². The molecule has 0 aromatic carbocycles. The minimum atomic E-state index is -0.0502. The van der Waals surface area contributed by atoms with Crippen LogP contribution in [0.2, 0.25) is 0 Å². The van der Waals surface area contributed by atoms with Crippen molar-refractivity contribution in [1.82, 2.24) is 10.2 Å². The van der Waals surface area contributed by atoms with E-state index in [0.717, 1.165) is 6.54 Å². The molecule has 0 aliphatic carbocycles. The van der Waals surface area contributed by atoms with Crippen LogP contribution in [0, 0.1) is 0 Å². The van der Waals surface area contributed by atoms with Gasteiger partial charge in [0, 0.05) is 13.5 Å². The van der Waals surface area contributed by atoms with Crippen molar-refractivity contribution in [1.29, 1.82) is 0 Å². The zero-order chi connectivity index (χ0) is 10.3. The predicted molar refractivity (Wildman–Crippen MR) is 51.5 cm³/mol. The van der Waals surface area contributed by atoms with Gasteiger partial charge in [-0.3, -0.25) is 14.5 Å². The van der Waals surface area contributed by atoms with Crippen LogP contribution in [0.5, 0.6) is 0 Å². The Morgan fingerprint density at radius 3 is 2.23 bits per heavy atom. The van der Waals surface area contributed by atoms with Crippen molar-refractivity contribution in [2.75, 3.05) is 26.7 Å². The van der Waals surface area contributed by atoms with Crippen molar-refractivity contribution in [2.45, 2.75) is 20.3 Å². The Hall–Kier alpha value is -0.900. The van der Waals surface area contributed by atoms with Crippen LogP contribution in [-0.2, 0) is 9.59 Å². The third kappa shape index (κ3) is 5.36. The Kier molecular flexibility index (Phi) is 6.14. The SMILES string of the molecule is CCC(=O)CN(CC)CC(=O)NC. The molecule has 0 rings (SSSR count). The number of hydrogen-bond donors (Lipinski definition) is 1. The minimum Gasteiger partial charge on any atom is -0.358 e. The van der Waals surface area contributed by atoms with E-state index in [0.29, 0.717) is 19.5 Å². The van der Waals surface area contributed by atoms with E-state index in [-0.39, 0.29) is 11.7 Å². The van der Waals surface area contributed by atoms with E-state index in [2.05, 4.69) is 5.32 Å². The largest absolute Gasteiger partial charge is 0.358 e. The summed E-state index contributed by atoms with van der Waals surface area (Å²) in [6.07, 6.45) is 0.532. The Bertz CT molecular complexity index is 162. The van der Waals surface area contributed by atoms with Gasteiger partial charge in [-0.1, -0.05) is 13.8 Å². The standard InChI is InChI=1S/C9H18N2O2/c1-4-8(12)6-11(5-2)7-9(13)10-3/h4-7H2,1-3H3,(H,10,13). The average Bonchev–Trinajstić information content (AvgIpc) is 2.16. The molecule has 1 amide bonds. The quantitative estimate of drug-likeness (QED) is 0.637. The molecule has 0 radical (unpaired) electrons. The summed E-state index contributed by atoms with van der Waals surface area (Å²) in [6, 6.07) is 0. The number of hydrogen-bond acceptors (Lipinski definition) is 3. The number of nitrogens with zero attached hydrogens (tertiary/aromatic N) is 1. The van der Waals surface area contributed by atoms with Crippen molar-refractivity contribution in [2.24, 2.45) is 0 Å². The molecule has 0 saturated heterocycles. The molecule has 0 aromatic heterocycles. The Morgan fingerprint density at radius 1 is 1.23 bits per heavy atom. The van der Waals surface area contributed by atoms with Gasteiger partial charge in [0.05, 0.1) is 13.1 Å². The molecule has 0 saturated carbocycles. The molecule has 4 nitrogen and oxygen atoms in total. The van der Waals surface area contributed by atoms with E-state index >= 15 is 0 Å². The summed E-state index contributed by atoms with van der Waals surface area (Å²) in [4.78, 5) is 23.9. The normalized spacial score (nSPS) is 10.2. The number of nitrogens with one attached hydrogen (secondary N) is 1. The van der Waals surface area contributed by atoms with Gasteiger partial charge in [0.25, 0.3) is 0 Å². The Balaban J connectivity index is 3.89. The summed E-state index contributed by atoms with van der Waals surface area (Å²) < 4.78 is 0. The maximum absolute atomic E-state index is 11.1. The molecule has 0 aliphatic rings. The van der Waals surface area contributed by atoms with Crippen LogP contribution in [0.25, 0.3) is 0 Å². The minimum absolute atomic E-state index is 0.0502. The smallest absolute Gasteiger partial charge is 0.233 e. The van der Waals surface area contributed by atoms with Crippen LogP contribution in [0.15, 0.2) is 0 Å². The number of rotatable bonds is 6. The molecule has 1 N–H and O–H groups in total. The number of carbonyl (C=O) groups excluding carboxylic acids is 2. The third-order valence-electron chi connectivity index (χ3n) is 1.89. The van der Waals surface area contributed by atoms with Gasteiger partial charge in [-0.25, -0.2) is 0 Å². The van der Waals surface area contributed by atoms with Crippen LogP contribution in [0.1, 0.15) is 20.3 Å². The highest BCUT2D eigenvalue weighted by Crippen LogP contribution is 1.90. The van der Waals surface area contributed by atoms with E-state index in [9.17, 15) is 9.59 Å². The van der Waals surface area contributed by atoms with Crippen molar-refractivity contribution in [3.05, 3.63) is 0 Å². The first-order valence-corrected chi connectivity index (χ1v) is 4.58. The fourth-order valence-electron chi connectivity index (χ4n) is 0.923. The summed E-state index contributed by atoms with van der Waals surface area (Å²) in [6.45, 7) is 5.17. The van der Waals surface area contributed by atoms with Crippen molar-refractivity contribution in [3.8, 4) is 0 Å². The molecule has 0 fully saturated rings. The summed E-state index contributed by atoms with van der Waals surface area (Å²) in [5.74, 6) is 0.122. The van der Waals surface area contributed by atoms with Gasteiger partial charge in [0.15, 0.2) is 0 Å². The van der Waals surface area contributed by atoms with Gasteiger partial charge >= 0.3 is 0 Å². The van der Waals surface area contributed by atoms with Crippen LogP contribution in [0.3, 0.4) is 0 Å². The monoisotopic (exact) mass is 186 g/mol. The number of Topliss-reactive ketones (excluding diaryl/α,β-unsaturated/α-hetero) is 1. The predicted octanol–water partition coefficient (Wildman–Crippen LogP) is 0.0334. The molecular formula is C9H18N2O2. The van der Waals surface area contributed by atoms with E-state index < -0.39 is 0 Å². The molecule has 13 heavy (non-hydrogen) atoms. The topological polar surface area (TPSA) is 49.4 Å². The molecule has 4 heteroatoms. The highest BCUT2D eigenvalue weighted by Gasteiger charge is 2.10. The van der Waals surface area contributed by atoms with Crippen LogP contribution in [-0.4, -0.2) is 43.3 Å². The molecule has 0 bridgehead atoms. The van der Waals surface area contributed by atoms with Crippen LogP contribution < -0.4 is 5.32 Å². The Morgan fingerprint density at radius 2 is 1.85 bits per heavy atom. The Labute approximate surface area is 79.3 Å². The van der Waals surface area contributed by atoms with E-state index in [1.165, 1.54) is 0 Å². The molecule has 0 aromatic rings. The summed E-state index contributed by atoms with van der Waals surface area (Å²) in [5, 5.41) is 2.53. The first-order chi connectivity index (χ1) is 6.13. The number of amides is 1. The fraction of sp³-hybridized carbons (Fsp3) is 0.778. The summed E-state index contributed by atoms with van der Waals surface area (Å²) in [7, 11) is 1.60. The zero-order valence-corrected chi connectivity index (χ0v) is 8.59. The summed E-state index contributed by atoms with van der Waals surface area (Å²) >= 11 is 0. The maximum Gasteiger partial charge on any atom is 0.233 e. The molecule has 0 heterocycles. The summed E-state index contributed by atoms with van der Waals surface area (Å²) in [5.41, 5.74) is 0. The van der Waals surface area contributed by atoms with Gasteiger partial charge in [0.2, 0.25) is 5.91 Å². The molecule has 76 valence electrons. The lowest BCUT2D eigenvalue weighted by Gasteiger charge is -2.17. The van der Waals surface area contributed by atoms with E-state index in [1.54, 1.807) is 7.05 Å². The number of carbonyl (C=O) groups is 2. The van der Waals surface area contributed by atoms with Gasteiger partial charge in [-0.2, -0.15) is 0 Å². The lowest BCUT2D eigenvalue weighted by atomic mass is 10.3. The lowest BCUT2D eigenvalue weighted by Crippen LogP contribution is -2.38. The second-order valence-electron chi connectivity index (χ2n) is 2.87. The molecule has 0 unspecified atom stereocenters. The molecular weight excluding hydrogens is 168 g/mol. The van der Waals surface area contributed by atoms with Gasteiger partial charge in [-0.05, 0) is 6.54 Å². The molecule has 0 atom stereocenters. The zero-order valence-electron chi connectivity index (χ0n) is 8.59. The highest BCUT2D eigenvalue weighted by atomic mass is 16.2. The second kappa shape index (κ2) is 6.60. The third-order valence-corrected chi connectivity index (χ3v) is 1.89. The van der Waals surface area contributed by atoms with E-state index in [1.807, 2.05) is 18.7 Å². The molecule has 0 aliphatic heterocycles. The highest BCUT2D eigenvalue weighted by molar-refractivity contribution is 5.82. The molecule has 0 spiro atoms. The number of ketones is 1. The second-order valence-corrected chi connectivity index (χ2v) is 2.87. The van der Waals surface area contributed by atoms with Crippen molar-refractivity contribution < 1.29 is 9.59 Å². The fourth-order valence-corrected chi connectivity index (χ4v) is 0.923. The van der Waals surface area contributed by atoms with Gasteiger partial charge in [0.1, 0.15) is 5.78 Å². The van der Waals surface area contributed by atoms with Gasteiger partial charge in [-0.15, -0.1) is 0 Å². The first-order valence-electron chi connectivity index (χ1n) is 4.58.